The molecule has 1 aliphatic carbocycles. The van der Waals surface area contributed by atoms with Crippen LogP contribution in [0.25, 0.3) is 0 Å². The molecule has 3 atom stereocenters. The largest absolute Gasteiger partial charge is 0.468 e. The van der Waals surface area contributed by atoms with Crippen molar-refractivity contribution in [2.75, 3.05) is 13.1 Å². The van der Waals surface area contributed by atoms with Crippen LogP contribution in [0.3, 0.4) is 0 Å². The van der Waals surface area contributed by atoms with Crippen molar-refractivity contribution in [3.63, 3.8) is 0 Å². The Morgan fingerprint density at radius 2 is 1.72 bits per heavy atom. The second-order valence-electron chi connectivity index (χ2n) is 8.54. The Balaban J connectivity index is 1.63. The lowest BCUT2D eigenvalue weighted by Gasteiger charge is -2.44. The minimum absolute atomic E-state index is 0.216. The van der Waals surface area contributed by atoms with Crippen molar-refractivity contribution in [3.8, 4) is 0 Å². The quantitative estimate of drug-likeness (QED) is 0.744. The Hall–Kier alpha value is -1.63. The van der Waals surface area contributed by atoms with Gasteiger partial charge in [-0.05, 0) is 75.9 Å². The summed E-state index contributed by atoms with van der Waals surface area (Å²) in [4.78, 5) is 2.91. The standard InChI is InChI=1S/C23H32N2O3S/c1-18-11-13-19(14-12-18)29(26,27)24-23(22-10-7-17-28-22)20-8-3-4-9-21(20)25-15-5-2-6-16-25/h7,10-14,17,20-21,23-24H,2-6,8-9,15-16H2,1H3/t20-,21-,23-/m1/s1. The van der Waals surface area contributed by atoms with Crippen LogP contribution in [0.1, 0.15) is 62.3 Å². The zero-order valence-corrected chi connectivity index (χ0v) is 18.0. The molecular formula is C23H32N2O3S. The lowest BCUT2D eigenvalue weighted by molar-refractivity contribution is 0.0655. The van der Waals surface area contributed by atoms with Crippen LogP contribution in [0.15, 0.2) is 52.0 Å². The Kier molecular flexibility index (Phi) is 6.42. The van der Waals surface area contributed by atoms with Gasteiger partial charge in [0.1, 0.15) is 5.76 Å². The zero-order valence-electron chi connectivity index (χ0n) is 17.2. The van der Waals surface area contributed by atoms with Gasteiger partial charge in [-0.3, -0.25) is 0 Å². The fraction of sp³-hybridized carbons (Fsp3) is 0.565. The van der Waals surface area contributed by atoms with Crippen LogP contribution in [0.4, 0.5) is 0 Å². The summed E-state index contributed by atoms with van der Waals surface area (Å²) >= 11 is 0. The first-order chi connectivity index (χ1) is 14.0. The van der Waals surface area contributed by atoms with Gasteiger partial charge >= 0.3 is 0 Å². The predicted octanol–water partition coefficient (Wildman–Crippen LogP) is 4.65. The highest BCUT2D eigenvalue weighted by Gasteiger charge is 2.39. The molecule has 2 aliphatic rings. The minimum atomic E-state index is -3.63. The smallest absolute Gasteiger partial charge is 0.241 e. The molecular weight excluding hydrogens is 384 g/mol. The highest BCUT2D eigenvalue weighted by Crippen LogP contribution is 2.39. The third-order valence-electron chi connectivity index (χ3n) is 6.53. The van der Waals surface area contributed by atoms with E-state index in [1.54, 1.807) is 18.4 Å². The van der Waals surface area contributed by atoms with Gasteiger partial charge in [-0.25, -0.2) is 13.1 Å². The first-order valence-corrected chi connectivity index (χ1v) is 12.4. The van der Waals surface area contributed by atoms with E-state index < -0.39 is 10.0 Å². The van der Waals surface area contributed by atoms with Crippen molar-refractivity contribution >= 4 is 10.0 Å². The second kappa shape index (κ2) is 9.02. The van der Waals surface area contributed by atoms with E-state index in [0.717, 1.165) is 43.7 Å². The molecule has 0 bridgehead atoms. The van der Waals surface area contributed by atoms with Crippen LogP contribution >= 0.6 is 0 Å². The summed E-state index contributed by atoms with van der Waals surface area (Å²) in [5, 5.41) is 0. The van der Waals surface area contributed by atoms with Gasteiger partial charge in [0.15, 0.2) is 0 Å². The van der Waals surface area contributed by atoms with Crippen molar-refractivity contribution in [2.24, 2.45) is 5.92 Å². The van der Waals surface area contributed by atoms with E-state index in [1.807, 2.05) is 31.2 Å². The molecule has 0 amide bonds. The maximum absolute atomic E-state index is 13.2. The molecule has 1 aromatic heterocycles. The maximum atomic E-state index is 13.2. The minimum Gasteiger partial charge on any atom is -0.468 e. The van der Waals surface area contributed by atoms with Crippen LogP contribution in [0.2, 0.25) is 0 Å². The molecule has 0 spiro atoms. The molecule has 5 nitrogen and oxygen atoms in total. The second-order valence-corrected chi connectivity index (χ2v) is 10.3. The van der Waals surface area contributed by atoms with E-state index in [-0.39, 0.29) is 12.0 Å². The SMILES string of the molecule is Cc1ccc(S(=O)(=O)N[C@@H](c2ccco2)[C@@H]2CCCC[C@H]2N2CCCCC2)cc1. The predicted molar refractivity (Wildman–Crippen MR) is 114 cm³/mol. The van der Waals surface area contributed by atoms with Gasteiger partial charge in [-0.15, -0.1) is 0 Å². The van der Waals surface area contributed by atoms with Gasteiger partial charge in [-0.2, -0.15) is 0 Å². The number of hydrogen-bond donors (Lipinski definition) is 1. The summed E-state index contributed by atoms with van der Waals surface area (Å²) in [6, 6.07) is 10.9. The number of nitrogens with zero attached hydrogens (tertiary/aromatic N) is 1. The number of rotatable bonds is 6. The molecule has 2 heterocycles. The van der Waals surface area contributed by atoms with Gasteiger partial charge in [-0.1, -0.05) is 37.0 Å². The molecule has 2 fully saturated rings. The average molecular weight is 417 g/mol. The number of hydrogen-bond acceptors (Lipinski definition) is 4. The molecule has 158 valence electrons. The van der Waals surface area contributed by atoms with Gasteiger partial charge in [0.25, 0.3) is 0 Å². The summed E-state index contributed by atoms with van der Waals surface area (Å²) in [5.74, 6) is 0.933. The third-order valence-corrected chi connectivity index (χ3v) is 7.99. The number of piperidine rings is 1. The molecule has 0 unspecified atom stereocenters. The number of nitrogens with one attached hydrogen (secondary N) is 1. The van der Waals surface area contributed by atoms with Crippen molar-refractivity contribution in [2.45, 2.75) is 68.8 Å². The number of sulfonamides is 1. The highest BCUT2D eigenvalue weighted by molar-refractivity contribution is 7.89. The number of aryl methyl sites for hydroxylation is 1. The van der Waals surface area contributed by atoms with Crippen LogP contribution in [-0.2, 0) is 10.0 Å². The Labute approximate surface area is 174 Å². The molecule has 1 aliphatic heterocycles. The molecule has 2 aromatic rings. The fourth-order valence-corrected chi connectivity index (χ4v) is 6.27. The van der Waals surface area contributed by atoms with Crippen LogP contribution in [0.5, 0.6) is 0 Å². The average Bonchev–Trinajstić information content (AvgIpc) is 3.28. The van der Waals surface area contributed by atoms with E-state index in [9.17, 15) is 8.42 Å². The molecule has 1 saturated heterocycles. The number of likely N-dealkylation sites (tertiary alicyclic amines) is 1. The van der Waals surface area contributed by atoms with Gasteiger partial charge in [0, 0.05) is 6.04 Å². The molecule has 1 saturated carbocycles. The topological polar surface area (TPSA) is 62.6 Å². The lowest BCUT2D eigenvalue weighted by atomic mass is 9.78. The summed E-state index contributed by atoms with van der Waals surface area (Å²) in [6.45, 7) is 4.20. The molecule has 1 aromatic carbocycles. The Bertz CT molecular complexity index is 871. The Morgan fingerprint density at radius 1 is 1.00 bits per heavy atom. The van der Waals surface area contributed by atoms with Gasteiger partial charge in [0.05, 0.1) is 17.2 Å². The van der Waals surface area contributed by atoms with Crippen molar-refractivity contribution in [1.82, 2.24) is 9.62 Å². The summed E-state index contributed by atoms with van der Waals surface area (Å²) in [5.41, 5.74) is 1.05. The molecule has 1 N–H and O–H groups in total. The highest BCUT2D eigenvalue weighted by atomic mass is 32.2. The van der Waals surface area contributed by atoms with Gasteiger partial charge < -0.3 is 9.32 Å². The first-order valence-electron chi connectivity index (χ1n) is 10.9. The summed E-state index contributed by atoms with van der Waals surface area (Å²) in [6.07, 6.45) is 9.92. The van der Waals surface area contributed by atoms with E-state index in [2.05, 4.69) is 9.62 Å². The fourth-order valence-electron chi connectivity index (χ4n) is 5.01. The van der Waals surface area contributed by atoms with Crippen LogP contribution < -0.4 is 4.72 Å². The van der Waals surface area contributed by atoms with E-state index in [4.69, 9.17) is 4.42 Å². The number of furan rings is 1. The maximum Gasteiger partial charge on any atom is 0.241 e. The third kappa shape index (κ3) is 4.76. The van der Waals surface area contributed by atoms with Crippen LogP contribution in [0, 0.1) is 12.8 Å². The van der Waals surface area contributed by atoms with Gasteiger partial charge in [0.2, 0.25) is 10.0 Å². The summed E-state index contributed by atoms with van der Waals surface area (Å²) < 4.78 is 35.2. The van der Waals surface area contributed by atoms with E-state index >= 15 is 0 Å². The zero-order chi connectivity index (χ0) is 20.3. The van der Waals surface area contributed by atoms with E-state index in [0.29, 0.717) is 10.9 Å². The van der Waals surface area contributed by atoms with Crippen molar-refractivity contribution < 1.29 is 12.8 Å². The van der Waals surface area contributed by atoms with Crippen LogP contribution in [-0.4, -0.2) is 32.4 Å². The normalized spacial score (nSPS) is 25.0. The molecule has 0 radical (unpaired) electrons. The van der Waals surface area contributed by atoms with Crippen molar-refractivity contribution in [1.29, 1.82) is 0 Å². The molecule has 6 heteroatoms. The molecule has 29 heavy (non-hydrogen) atoms. The molecule has 4 rings (SSSR count). The summed E-state index contributed by atoms with van der Waals surface area (Å²) in [7, 11) is -3.63. The number of benzene rings is 1. The lowest BCUT2D eigenvalue weighted by Crippen LogP contribution is -2.49. The first kappa shape index (κ1) is 20.6. The Morgan fingerprint density at radius 3 is 2.41 bits per heavy atom. The monoisotopic (exact) mass is 416 g/mol. The van der Waals surface area contributed by atoms with Crippen molar-refractivity contribution in [3.05, 3.63) is 54.0 Å². The van der Waals surface area contributed by atoms with E-state index in [1.165, 1.54) is 25.7 Å².